The molecule has 0 aromatic heterocycles. The molecule has 0 aromatic rings. The Bertz CT molecular complexity index is 336. The predicted molar refractivity (Wildman–Crippen MR) is 95.6 cm³/mol. The van der Waals surface area contributed by atoms with E-state index in [1.54, 1.807) is 0 Å². The van der Waals surface area contributed by atoms with E-state index in [4.69, 9.17) is 10.5 Å². The van der Waals surface area contributed by atoms with Gasteiger partial charge in [-0.15, -0.1) is 0 Å². The number of amides is 1. The van der Waals surface area contributed by atoms with Crippen molar-refractivity contribution in [1.29, 1.82) is 0 Å². The van der Waals surface area contributed by atoms with E-state index in [-0.39, 0.29) is 6.09 Å². The summed E-state index contributed by atoms with van der Waals surface area (Å²) in [7, 11) is 2.18. The summed E-state index contributed by atoms with van der Waals surface area (Å²) in [5.41, 5.74) is 5.12. The van der Waals surface area contributed by atoms with Gasteiger partial charge >= 0.3 is 6.09 Å². The second kappa shape index (κ2) is 10.1. The van der Waals surface area contributed by atoms with E-state index in [2.05, 4.69) is 11.9 Å². The first-order valence-electron chi connectivity index (χ1n) is 9.21. The highest BCUT2D eigenvalue weighted by atomic mass is 16.6. The molecule has 0 atom stereocenters. The fourth-order valence-corrected chi connectivity index (χ4v) is 3.05. The molecule has 0 saturated heterocycles. The Morgan fingerprint density at radius 3 is 2.30 bits per heavy atom. The van der Waals surface area contributed by atoms with E-state index < -0.39 is 5.60 Å². The van der Waals surface area contributed by atoms with Gasteiger partial charge in [0.1, 0.15) is 5.60 Å². The van der Waals surface area contributed by atoms with Gasteiger partial charge < -0.3 is 20.3 Å². The summed E-state index contributed by atoms with van der Waals surface area (Å²) in [6, 6.07) is 0.674. The number of nitrogens with two attached hydrogens (primary N) is 1. The molecule has 5 heteroatoms. The number of ether oxygens (including phenoxy) is 1. The minimum atomic E-state index is -0.446. The Morgan fingerprint density at radius 1 is 1.09 bits per heavy atom. The molecular formula is C18H37N3O2. The van der Waals surface area contributed by atoms with Gasteiger partial charge in [-0.1, -0.05) is 19.3 Å². The van der Waals surface area contributed by atoms with Crippen LogP contribution in [-0.2, 0) is 4.74 Å². The van der Waals surface area contributed by atoms with Crippen LogP contribution in [0.2, 0.25) is 0 Å². The van der Waals surface area contributed by atoms with Crippen LogP contribution in [-0.4, -0.2) is 60.8 Å². The van der Waals surface area contributed by atoms with Crippen molar-refractivity contribution in [2.45, 2.75) is 77.4 Å². The summed E-state index contributed by atoms with van der Waals surface area (Å²) in [5, 5.41) is 0. The second-order valence-electron chi connectivity index (χ2n) is 7.74. The lowest BCUT2D eigenvalue weighted by atomic mass is 9.94. The number of unbranched alkanes of at least 4 members (excludes halogenated alkanes) is 1. The molecule has 0 aliphatic heterocycles. The second-order valence-corrected chi connectivity index (χ2v) is 7.74. The van der Waals surface area contributed by atoms with E-state index in [1.165, 1.54) is 32.1 Å². The van der Waals surface area contributed by atoms with Crippen LogP contribution in [0.15, 0.2) is 0 Å². The smallest absolute Gasteiger partial charge is 0.410 e. The first-order chi connectivity index (χ1) is 10.8. The normalized spacial score (nSPS) is 16.6. The van der Waals surface area contributed by atoms with Crippen LogP contribution in [0.4, 0.5) is 4.79 Å². The highest BCUT2D eigenvalue weighted by Crippen LogP contribution is 2.21. The molecule has 1 aliphatic carbocycles. The van der Waals surface area contributed by atoms with Gasteiger partial charge in [-0.2, -0.15) is 0 Å². The van der Waals surface area contributed by atoms with Crippen molar-refractivity contribution in [3.05, 3.63) is 0 Å². The topological polar surface area (TPSA) is 58.8 Å². The van der Waals surface area contributed by atoms with Gasteiger partial charge in [0, 0.05) is 25.7 Å². The van der Waals surface area contributed by atoms with E-state index in [0.717, 1.165) is 32.5 Å². The van der Waals surface area contributed by atoms with Crippen LogP contribution in [0.3, 0.4) is 0 Å². The standard InChI is InChI=1S/C18H37N3O2/c1-18(2,3)23-17(22)21(13-9-8-12-19)15-14-20(4)16-10-6-5-7-11-16/h16H,5-15,19H2,1-4H3. The fraction of sp³-hybridized carbons (Fsp3) is 0.944. The highest BCUT2D eigenvalue weighted by Gasteiger charge is 2.23. The molecule has 0 bridgehead atoms. The molecule has 2 N–H and O–H groups in total. The lowest BCUT2D eigenvalue weighted by Crippen LogP contribution is -2.43. The Kier molecular flexibility index (Phi) is 8.92. The minimum absolute atomic E-state index is 0.202. The van der Waals surface area contributed by atoms with Crippen LogP contribution in [0.1, 0.15) is 65.7 Å². The SMILES string of the molecule is CN(CCN(CCCCN)C(=O)OC(C)(C)C)C1CCCCC1. The third kappa shape index (κ3) is 8.56. The molecule has 1 saturated carbocycles. The summed E-state index contributed by atoms with van der Waals surface area (Å²) in [6.45, 7) is 8.78. The minimum Gasteiger partial charge on any atom is -0.444 e. The first kappa shape index (κ1) is 20.2. The number of carbonyl (C=O) groups is 1. The summed E-state index contributed by atoms with van der Waals surface area (Å²) < 4.78 is 5.55. The van der Waals surface area contributed by atoms with Crippen molar-refractivity contribution >= 4 is 6.09 Å². The molecule has 1 rings (SSSR count). The molecule has 5 nitrogen and oxygen atoms in total. The van der Waals surface area contributed by atoms with Crippen molar-refractivity contribution in [3.63, 3.8) is 0 Å². The molecule has 0 heterocycles. The molecule has 0 spiro atoms. The van der Waals surface area contributed by atoms with E-state index in [1.807, 2.05) is 25.7 Å². The highest BCUT2D eigenvalue weighted by molar-refractivity contribution is 5.68. The Hall–Kier alpha value is -0.810. The predicted octanol–water partition coefficient (Wildman–Crippen LogP) is 3.23. The maximum absolute atomic E-state index is 12.4. The van der Waals surface area contributed by atoms with Crippen molar-refractivity contribution in [3.8, 4) is 0 Å². The van der Waals surface area contributed by atoms with Crippen LogP contribution >= 0.6 is 0 Å². The summed E-state index contributed by atoms with van der Waals surface area (Å²) in [6.07, 6.45) is 8.29. The molecule has 136 valence electrons. The average molecular weight is 328 g/mol. The number of likely N-dealkylation sites (N-methyl/N-ethyl adjacent to an activating group) is 1. The Balaban J connectivity index is 2.48. The zero-order chi connectivity index (χ0) is 17.3. The van der Waals surface area contributed by atoms with Gasteiger partial charge in [0.05, 0.1) is 0 Å². The van der Waals surface area contributed by atoms with Gasteiger partial charge in [0.25, 0.3) is 0 Å². The van der Waals surface area contributed by atoms with Crippen LogP contribution in [0.25, 0.3) is 0 Å². The van der Waals surface area contributed by atoms with Crippen molar-refractivity contribution in [2.24, 2.45) is 5.73 Å². The van der Waals surface area contributed by atoms with E-state index >= 15 is 0 Å². The number of rotatable bonds is 8. The zero-order valence-corrected chi connectivity index (χ0v) is 15.6. The Morgan fingerprint density at radius 2 is 1.74 bits per heavy atom. The van der Waals surface area contributed by atoms with E-state index in [9.17, 15) is 4.79 Å². The van der Waals surface area contributed by atoms with Gasteiger partial charge in [-0.3, -0.25) is 0 Å². The molecule has 1 amide bonds. The van der Waals surface area contributed by atoms with Gasteiger partial charge in [0.2, 0.25) is 0 Å². The molecule has 1 fully saturated rings. The largest absolute Gasteiger partial charge is 0.444 e. The Labute approximate surface area is 142 Å². The summed E-state index contributed by atoms with van der Waals surface area (Å²) in [5.74, 6) is 0. The maximum atomic E-state index is 12.4. The average Bonchev–Trinajstić information content (AvgIpc) is 2.49. The molecular weight excluding hydrogens is 290 g/mol. The number of hydrogen-bond donors (Lipinski definition) is 1. The van der Waals surface area contributed by atoms with Crippen LogP contribution < -0.4 is 5.73 Å². The van der Waals surface area contributed by atoms with Crippen molar-refractivity contribution in [1.82, 2.24) is 9.80 Å². The molecule has 0 radical (unpaired) electrons. The van der Waals surface area contributed by atoms with Gasteiger partial charge in [-0.05, 0) is 60.0 Å². The molecule has 0 aromatic carbocycles. The molecule has 0 unspecified atom stereocenters. The zero-order valence-electron chi connectivity index (χ0n) is 15.6. The van der Waals surface area contributed by atoms with Crippen molar-refractivity contribution in [2.75, 3.05) is 33.2 Å². The van der Waals surface area contributed by atoms with Gasteiger partial charge in [0.15, 0.2) is 0 Å². The molecule has 1 aliphatic rings. The lowest BCUT2D eigenvalue weighted by molar-refractivity contribution is 0.0222. The monoisotopic (exact) mass is 327 g/mol. The van der Waals surface area contributed by atoms with Crippen molar-refractivity contribution < 1.29 is 9.53 Å². The third-order valence-electron chi connectivity index (χ3n) is 4.45. The lowest BCUT2D eigenvalue weighted by Gasteiger charge is -2.33. The number of hydrogen-bond acceptors (Lipinski definition) is 4. The molecule has 23 heavy (non-hydrogen) atoms. The quantitative estimate of drug-likeness (QED) is 0.695. The number of carbonyl (C=O) groups excluding carboxylic acids is 1. The van der Waals surface area contributed by atoms with Crippen LogP contribution in [0.5, 0.6) is 0 Å². The first-order valence-corrected chi connectivity index (χ1v) is 9.21. The van der Waals surface area contributed by atoms with Gasteiger partial charge in [-0.25, -0.2) is 4.79 Å². The maximum Gasteiger partial charge on any atom is 0.410 e. The third-order valence-corrected chi connectivity index (χ3v) is 4.45. The van der Waals surface area contributed by atoms with E-state index in [0.29, 0.717) is 12.6 Å². The summed E-state index contributed by atoms with van der Waals surface area (Å²) >= 11 is 0. The number of nitrogens with zero attached hydrogens (tertiary/aromatic N) is 2. The van der Waals surface area contributed by atoms with Crippen LogP contribution in [0, 0.1) is 0 Å². The fourth-order valence-electron chi connectivity index (χ4n) is 3.05. The summed E-state index contributed by atoms with van der Waals surface area (Å²) in [4.78, 5) is 16.7.